The molecule has 2 aromatic carbocycles. The van der Waals surface area contributed by atoms with Gasteiger partial charge in [-0.2, -0.15) is 0 Å². The third-order valence-electron chi connectivity index (χ3n) is 4.05. The van der Waals surface area contributed by atoms with Crippen molar-refractivity contribution in [1.29, 1.82) is 0 Å². The van der Waals surface area contributed by atoms with Crippen LogP contribution in [0.25, 0.3) is 0 Å². The van der Waals surface area contributed by atoms with Gasteiger partial charge in [0, 0.05) is 24.0 Å². The number of aryl methyl sites for hydroxylation is 3. The number of anilines is 2. The molecule has 0 saturated carbocycles. The maximum absolute atomic E-state index is 12.5. The summed E-state index contributed by atoms with van der Waals surface area (Å²) < 4.78 is 0. The normalized spacial score (nSPS) is 11.6. The molecule has 0 fully saturated rings. The Hall–Kier alpha value is -2.82. The van der Waals surface area contributed by atoms with E-state index in [1.165, 1.54) is 5.56 Å². The second-order valence-corrected chi connectivity index (χ2v) is 6.29. The molecule has 0 spiro atoms. The average molecular weight is 339 g/mol. The van der Waals surface area contributed by atoms with Crippen LogP contribution in [0.3, 0.4) is 0 Å². The Balaban J connectivity index is 2.10. The molecule has 0 aromatic heterocycles. The summed E-state index contributed by atoms with van der Waals surface area (Å²) >= 11 is 0. The van der Waals surface area contributed by atoms with E-state index in [9.17, 15) is 9.59 Å². The first-order chi connectivity index (χ1) is 11.8. The summed E-state index contributed by atoms with van der Waals surface area (Å²) in [4.78, 5) is 24.2. The molecule has 25 heavy (non-hydrogen) atoms. The highest BCUT2D eigenvalue weighted by Gasteiger charge is 2.15. The van der Waals surface area contributed by atoms with Gasteiger partial charge in [-0.25, -0.2) is 0 Å². The molecule has 0 saturated heterocycles. The van der Waals surface area contributed by atoms with Crippen molar-refractivity contribution < 1.29 is 9.59 Å². The molecule has 3 N–H and O–H groups in total. The van der Waals surface area contributed by atoms with Crippen LogP contribution in [-0.2, 0) is 4.79 Å². The maximum atomic E-state index is 12.5. The van der Waals surface area contributed by atoms with Crippen LogP contribution in [-0.4, -0.2) is 24.9 Å². The van der Waals surface area contributed by atoms with Crippen LogP contribution >= 0.6 is 0 Å². The second kappa shape index (κ2) is 7.83. The molecule has 0 radical (unpaired) electrons. The van der Waals surface area contributed by atoms with Crippen molar-refractivity contribution >= 4 is 23.2 Å². The lowest BCUT2D eigenvalue weighted by Gasteiger charge is -2.18. The Morgan fingerprint density at radius 3 is 2.24 bits per heavy atom. The lowest BCUT2D eigenvalue weighted by molar-refractivity contribution is -0.116. The number of hydrogen-bond acceptors (Lipinski definition) is 3. The van der Waals surface area contributed by atoms with Gasteiger partial charge < -0.3 is 16.0 Å². The monoisotopic (exact) mass is 339 g/mol. The molecule has 2 amide bonds. The van der Waals surface area contributed by atoms with E-state index in [0.29, 0.717) is 5.56 Å². The molecule has 2 aromatic rings. The van der Waals surface area contributed by atoms with Crippen molar-refractivity contribution in [2.24, 2.45) is 0 Å². The third-order valence-corrected chi connectivity index (χ3v) is 4.05. The van der Waals surface area contributed by atoms with Crippen LogP contribution < -0.4 is 16.0 Å². The zero-order valence-electron chi connectivity index (χ0n) is 15.4. The van der Waals surface area contributed by atoms with E-state index in [1.54, 1.807) is 32.2 Å². The van der Waals surface area contributed by atoms with Gasteiger partial charge in [0.25, 0.3) is 5.91 Å². The van der Waals surface area contributed by atoms with E-state index in [2.05, 4.69) is 16.0 Å². The molecule has 132 valence electrons. The van der Waals surface area contributed by atoms with Crippen molar-refractivity contribution in [3.8, 4) is 0 Å². The van der Waals surface area contributed by atoms with E-state index in [1.807, 2.05) is 39.0 Å². The minimum absolute atomic E-state index is 0.125. The predicted octanol–water partition coefficient (Wildman–Crippen LogP) is 3.41. The predicted molar refractivity (Wildman–Crippen MR) is 102 cm³/mol. The molecule has 0 aliphatic heterocycles. The Labute approximate surface area is 148 Å². The Kier molecular flexibility index (Phi) is 5.80. The zero-order valence-corrected chi connectivity index (χ0v) is 15.4. The van der Waals surface area contributed by atoms with Crippen molar-refractivity contribution in [3.05, 3.63) is 58.7 Å². The topological polar surface area (TPSA) is 70.2 Å². The van der Waals surface area contributed by atoms with Gasteiger partial charge in [0.15, 0.2) is 0 Å². The molecule has 5 nitrogen and oxygen atoms in total. The molecule has 0 heterocycles. The highest BCUT2D eigenvalue weighted by atomic mass is 16.2. The number of carbonyl (C=O) groups excluding carboxylic acids is 2. The number of nitrogens with one attached hydrogen (secondary N) is 3. The van der Waals surface area contributed by atoms with Gasteiger partial charge in [-0.15, -0.1) is 0 Å². The van der Waals surface area contributed by atoms with Crippen molar-refractivity contribution in [2.75, 3.05) is 17.7 Å². The number of carbonyl (C=O) groups is 2. The van der Waals surface area contributed by atoms with Crippen LogP contribution in [0.15, 0.2) is 36.4 Å². The van der Waals surface area contributed by atoms with Gasteiger partial charge in [0.1, 0.15) is 6.04 Å². The summed E-state index contributed by atoms with van der Waals surface area (Å²) in [5.74, 6) is -0.285. The van der Waals surface area contributed by atoms with E-state index in [0.717, 1.165) is 22.5 Å². The summed E-state index contributed by atoms with van der Waals surface area (Å²) in [6.45, 7) is 7.80. The van der Waals surface area contributed by atoms with Crippen LogP contribution in [0.5, 0.6) is 0 Å². The van der Waals surface area contributed by atoms with Crippen molar-refractivity contribution in [2.45, 2.75) is 33.7 Å². The van der Waals surface area contributed by atoms with Crippen LogP contribution in [0.4, 0.5) is 11.4 Å². The highest BCUT2D eigenvalue weighted by molar-refractivity contribution is 5.98. The molecular formula is C20H25N3O2. The number of hydrogen-bond donors (Lipinski definition) is 3. The van der Waals surface area contributed by atoms with Crippen molar-refractivity contribution in [3.63, 3.8) is 0 Å². The van der Waals surface area contributed by atoms with Crippen molar-refractivity contribution in [1.82, 2.24) is 5.32 Å². The van der Waals surface area contributed by atoms with Gasteiger partial charge in [0.2, 0.25) is 5.91 Å². The molecule has 0 aliphatic rings. The second-order valence-electron chi connectivity index (χ2n) is 6.29. The molecule has 2 rings (SSSR count). The number of rotatable bonds is 5. The largest absolute Gasteiger partial charge is 0.374 e. The minimum Gasteiger partial charge on any atom is -0.374 e. The molecule has 1 atom stereocenters. The lowest BCUT2D eigenvalue weighted by atomic mass is 10.0. The van der Waals surface area contributed by atoms with Crippen LogP contribution in [0.1, 0.15) is 34.0 Å². The molecule has 0 aliphatic carbocycles. The first-order valence-corrected chi connectivity index (χ1v) is 8.29. The van der Waals surface area contributed by atoms with Crippen LogP contribution in [0.2, 0.25) is 0 Å². The smallest absolute Gasteiger partial charge is 0.251 e. The summed E-state index contributed by atoms with van der Waals surface area (Å²) in [7, 11) is 1.59. The minimum atomic E-state index is -0.444. The summed E-state index contributed by atoms with van der Waals surface area (Å²) in [6, 6.07) is 10.7. The molecule has 0 bridgehead atoms. The first kappa shape index (κ1) is 18.5. The standard InChI is InChI=1S/C20H25N3O2/c1-12-9-13(2)18(14(3)10-12)23-19(24)15(4)22-17-8-6-7-16(11-17)20(25)21-5/h6-11,15,22H,1-5H3,(H,21,25)(H,23,24)/t15-/m0/s1. The zero-order chi connectivity index (χ0) is 18.6. The van der Waals surface area contributed by atoms with Gasteiger partial charge in [-0.05, 0) is 57.0 Å². The molecule has 0 unspecified atom stereocenters. The van der Waals surface area contributed by atoms with Gasteiger partial charge in [0.05, 0.1) is 0 Å². The number of benzene rings is 2. The quantitative estimate of drug-likeness (QED) is 0.782. The van der Waals surface area contributed by atoms with E-state index >= 15 is 0 Å². The third kappa shape index (κ3) is 4.59. The highest BCUT2D eigenvalue weighted by Crippen LogP contribution is 2.22. The molecule has 5 heteroatoms. The Morgan fingerprint density at radius 1 is 1.00 bits per heavy atom. The fraction of sp³-hybridized carbons (Fsp3) is 0.300. The summed E-state index contributed by atoms with van der Waals surface area (Å²) in [5.41, 5.74) is 5.37. The first-order valence-electron chi connectivity index (χ1n) is 8.29. The number of amides is 2. The van der Waals surface area contributed by atoms with Gasteiger partial charge in [-0.3, -0.25) is 9.59 Å². The van der Waals surface area contributed by atoms with Gasteiger partial charge >= 0.3 is 0 Å². The fourth-order valence-electron chi connectivity index (χ4n) is 2.82. The SMILES string of the molecule is CNC(=O)c1cccc(N[C@@H](C)C(=O)Nc2c(C)cc(C)cc2C)c1. The maximum Gasteiger partial charge on any atom is 0.251 e. The van der Waals surface area contributed by atoms with E-state index < -0.39 is 6.04 Å². The van der Waals surface area contributed by atoms with Crippen LogP contribution in [0, 0.1) is 20.8 Å². The van der Waals surface area contributed by atoms with Gasteiger partial charge in [-0.1, -0.05) is 23.8 Å². The lowest BCUT2D eigenvalue weighted by Crippen LogP contribution is -2.32. The van der Waals surface area contributed by atoms with E-state index in [-0.39, 0.29) is 11.8 Å². The Bertz CT molecular complexity index is 776. The Morgan fingerprint density at radius 2 is 1.64 bits per heavy atom. The van der Waals surface area contributed by atoms with E-state index in [4.69, 9.17) is 0 Å². The summed E-state index contributed by atoms with van der Waals surface area (Å²) in [5, 5.41) is 8.72. The summed E-state index contributed by atoms with van der Waals surface area (Å²) in [6.07, 6.45) is 0. The fourth-order valence-corrected chi connectivity index (χ4v) is 2.82. The molecular weight excluding hydrogens is 314 g/mol. The average Bonchev–Trinajstić information content (AvgIpc) is 2.57.